The summed E-state index contributed by atoms with van der Waals surface area (Å²) in [5.74, 6) is 0.630. The molecule has 30 heavy (non-hydrogen) atoms. The van der Waals surface area contributed by atoms with Gasteiger partial charge in [-0.3, -0.25) is 4.79 Å². The van der Waals surface area contributed by atoms with E-state index in [0.717, 1.165) is 32.1 Å². The fourth-order valence-corrected chi connectivity index (χ4v) is 4.91. The highest BCUT2D eigenvalue weighted by Crippen LogP contribution is 2.32. The van der Waals surface area contributed by atoms with Crippen molar-refractivity contribution in [3.05, 3.63) is 81.1 Å². The van der Waals surface area contributed by atoms with E-state index in [0.29, 0.717) is 6.42 Å². The van der Waals surface area contributed by atoms with Crippen LogP contribution in [0.2, 0.25) is 0 Å². The summed E-state index contributed by atoms with van der Waals surface area (Å²) in [6, 6.07) is 16.4. The Bertz CT molecular complexity index is 1050. The van der Waals surface area contributed by atoms with Crippen molar-refractivity contribution in [2.75, 3.05) is 5.75 Å². The first kappa shape index (κ1) is 22.4. The van der Waals surface area contributed by atoms with Crippen LogP contribution in [0, 0.1) is 27.7 Å². The highest BCUT2D eigenvalue weighted by molar-refractivity contribution is 9.10. The number of amides is 1. The molecule has 0 fully saturated rings. The van der Waals surface area contributed by atoms with Gasteiger partial charge in [0.05, 0.1) is 11.9 Å². The third-order valence-corrected chi connectivity index (χ3v) is 7.02. The van der Waals surface area contributed by atoms with Crippen molar-refractivity contribution in [1.82, 2.24) is 9.99 Å². The molecule has 0 unspecified atom stereocenters. The molecular weight excluding hydrogens is 458 g/mol. The molecule has 4 nitrogen and oxygen atoms in total. The van der Waals surface area contributed by atoms with Gasteiger partial charge in [-0.1, -0.05) is 36.4 Å². The molecule has 0 spiro atoms. The molecule has 0 aliphatic heterocycles. The molecule has 1 N–H and O–H groups in total. The predicted octanol–water partition coefficient (Wildman–Crippen LogP) is 6.11. The van der Waals surface area contributed by atoms with Gasteiger partial charge >= 0.3 is 0 Å². The number of halogens is 1. The van der Waals surface area contributed by atoms with Crippen LogP contribution in [0.25, 0.3) is 5.69 Å². The molecule has 0 aliphatic carbocycles. The highest BCUT2D eigenvalue weighted by Gasteiger charge is 2.18. The Morgan fingerprint density at radius 2 is 1.70 bits per heavy atom. The van der Waals surface area contributed by atoms with E-state index in [1.165, 1.54) is 16.8 Å². The monoisotopic (exact) mass is 483 g/mol. The number of hydrogen-bond acceptors (Lipinski definition) is 3. The smallest absolute Gasteiger partial charge is 0.240 e. The molecule has 1 heterocycles. The summed E-state index contributed by atoms with van der Waals surface area (Å²) in [6.45, 7) is 8.40. The molecule has 0 saturated heterocycles. The minimum absolute atomic E-state index is 0.0886. The average molecular weight is 484 g/mol. The number of para-hydroxylation sites is 1. The Balaban J connectivity index is 1.68. The minimum atomic E-state index is -0.0886. The van der Waals surface area contributed by atoms with Crippen LogP contribution in [0.3, 0.4) is 0 Å². The summed E-state index contributed by atoms with van der Waals surface area (Å²) in [4.78, 5) is 13.3. The number of aryl methyl sites for hydroxylation is 2. The lowest BCUT2D eigenvalue weighted by molar-refractivity contribution is -0.120. The SMILES string of the molecule is Cc1cccc(C)c1-n1c(C)c(Br)c(/C=N\NC(=O)CCSc2ccccc2)c1C. The van der Waals surface area contributed by atoms with Crippen molar-refractivity contribution in [3.8, 4) is 5.69 Å². The largest absolute Gasteiger partial charge is 0.316 e. The average Bonchev–Trinajstić information content (AvgIpc) is 2.93. The van der Waals surface area contributed by atoms with Crippen LogP contribution < -0.4 is 5.43 Å². The van der Waals surface area contributed by atoms with E-state index in [1.54, 1.807) is 18.0 Å². The van der Waals surface area contributed by atoms with Crippen LogP contribution in [0.15, 0.2) is 63.0 Å². The first-order valence-corrected chi connectivity index (χ1v) is 11.6. The Kier molecular flexibility index (Phi) is 7.56. The van der Waals surface area contributed by atoms with Gasteiger partial charge in [-0.2, -0.15) is 5.10 Å². The van der Waals surface area contributed by atoms with E-state index >= 15 is 0 Å². The Morgan fingerprint density at radius 1 is 1.03 bits per heavy atom. The summed E-state index contributed by atoms with van der Waals surface area (Å²) in [5.41, 5.74) is 9.43. The summed E-state index contributed by atoms with van der Waals surface area (Å²) in [5, 5.41) is 4.20. The summed E-state index contributed by atoms with van der Waals surface area (Å²) >= 11 is 5.37. The van der Waals surface area contributed by atoms with Crippen LogP contribution in [-0.4, -0.2) is 22.4 Å². The second-order valence-corrected chi connectivity index (χ2v) is 9.14. The zero-order chi connectivity index (χ0) is 21.7. The zero-order valence-corrected chi connectivity index (χ0v) is 20.1. The van der Waals surface area contributed by atoms with E-state index < -0.39 is 0 Å². The number of benzene rings is 2. The maximum atomic E-state index is 12.1. The lowest BCUT2D eigenvalue weighted by atomic mass is 10.1. The van der Waals surface area contributed by atoms with Gasteiger partial charge in [-0.05, 0) is 66.9 Å². The number of rotatable bonds is 7. The number of nitrogens with one attached hydrogen (secondary N) is 1. The van der Waals surface area contributed by atoms with E-state index in [1.807, 2.05) is 30.3 Å². The zero-order valence-electron chi connectivity index (χ0n) is 17.7. The first-order chi connectivity index (χ1) is 14.4. The van der Waals surface area contributed by atoms with Crippen LogP contribution in [0.4, 0.5) is 0 Å². The lowest BCUT2D eigenvalue weighted by Gasteiger charge is -2.15. The van der Waals surface area contributed by atoms with Crippen molar-refractivity contribution in [2.45, 2.75) is 39.0 Å². The Labute approximate surface area is 190 Å². The van der Waals surface area contributed by atoms with Gasteiger partial charge in [0, 0.05) is 38.5 Å². The van der Waals surface area contributed by atoms with Crippen LogP contribution in [0.1, 0.15) is 34.5 Å². The lowest BCUT2D eigenvalue weighted by Crippen LogP contribution is -2.17. The van der Waals surface area contributed by atoms with Gasteiger partial charge < -0.3 is 4.57 Å². The van der Waals surface area contributed by atoms with Gasteiger partial charge in [-0.15, -0.1) is 11.8 Å². The molecule has 0 radical (unpaired) electrons. The van der Waals surface area contributed by atoms with Gasteiger partial charge in [0.25, 0.3) is 0 Å². The Morgan fingerprint density at radius 3 is 2.37 bits per heavy atom. The van der Waals surface area contributed by atoms with E-state index in [-0.39, 0.29) is 5.91 Å². The maximum absolute atomic E-state index is 12.1. The van der Waals surface area contributed by atoms with Crippen molar-refractivity contribution >= 4 is 39.8 Å². The molecular formula is C24H26BrN3OS. The Hall–Kier alpha value is -2.31. The highest BCUT2D eigenvalue weighted by atomic mass is 79.9. The first-order valence-electron chi connectivity index (χ1n) is 9.84. The number of thioether (sulfide) groups is 1. The van der Waals surface area contributed by atoms with Crippen LogP contribution in [0.5, 0.6) is 0 Å². The number of carbonyl (C=O) groups excluding carboxylic acids is 1. The van der Waals surface area contributed by atoms with Crippen molar-refractivity contribution in [2.24, 2.45) is 5.10 Å². The topological polar surface area (TPSA) is 46.4 Å². The molecule has 0 saturated carbocycles. The predicted molar refractivity (Wildman–Crippen MR) is 130 cm³/mol. The molecule has 1 amide bonds. The van der Waals surface area contributed by atoms with E-state index in [2.05, 4.69) is 76.9 Å². The quantitative estimate of drug-likeness (QED) is 0.250. The number of aromatic nitrogens is 1. The number of nitrogens with zero attached hydrogens (tertiary/aromatic N) is 2. The molecule has 2 aromatic carbocycles. The maximum Gasteiger partial charge on any atom is 0.240 e. The fourth-order valence-electron chi connectivity index (χ4n) is 3.47. The molecule has 6 heteroatoms. The van der Waals surface area contributed by atoms with Gasteiger partial charge in [0.2, 0.25) is 5.91 Å². The molecule has 0 bridgehead atoms. The molecule has 0 atom stereocenters. The second-order valence-electron chi connectivity index (χ2n) is 7.18. The number of hydrogen-bond donors (Lipinski definition) is 1. The fraction of sp³-hybridized carbons (Fsp3) is 0.250. The number of hydrazone groups is 1. The van der Waals surface area contributed by atoms with Crippen molar-refractivity contribution in [3.63, 3.8) is 0 Å². The minimum Gasteiger partial charge on any atom is -0.316 e. The molecule has 1 aromatic heterocycles. The molecule has 0 aliphatic rings. The number of carbonyl (C=O) groups is 1. The third-order valence-electron chi connectivity index (χ3n) is 5.00. The van der Waals surface area contributed by atoms with Crippen LogP contribution >= 0.6 is 27.7 Å². The van der Waals surface area contributed by atoms with E-state index in [9.17, 15) is 4.79 Å². The van der Waals surface area contributed by atoms with Gasteiger partial charge in [0.15, 0.2) is 0 Å². The molecule has 156 valence electrons. The van der Waals surface area contributed by atoms with Crippen molar-refractivity contribution < 1.29 is 4.79 Å². The van der Waals surface area contributed by atoms with Crippen molar-refractivity contribution in [1.29, 1.82) is 0 Å². The van der Waals surface area contributed by atoms with Crippen LogP contribution in [-0.2, 0) is 4.79 Å². The summed E-state index contributed by atoms with van der Waals surface area (Å²) in [6.07, 6.45) is 2.14. The second kappa shape index (κ2) is 10.1. The molecule has 3 rings (SSSR count). The molecule has 3 aromatic rings. The normalized spacial score (nSPS) is 11.2. The van der Waals surface area contributed by atoms with Gasteiger partial charge in [-0.25, -0.2) is 5.43 Å². The third kappa shape index (κ3) is 5.05. The summed E-state index contributed by atoms with van der Waals surface area (Å²) in [7, 11) is 0. The summed E-state index contributed by atoms with van der Waals surface area (Å²) < 4.78 is 3.23. The van der Waals surface area contributed by atoms with Gasteiger partial charge in [0.1, 0.15) is 0 Å². The van der Waals surface area contributed by atoms with E-state index in [4.69, 9.17) is 0 Å². The standard InChI is InChI=1S/C24H26BrN3OS/c1-16-9-8-10-17(2)24(16)28-18(3)21(23(25)19(28)4)15-26-27-22(29)13-14-30-20-11-6-5-7-12-20/h5-12,15H,13-14H2,1-4H3,(H,27,29)/b26-15-.